The van der Waals surface area contributed by atoms with E-state index in [0.717, 1.165) is 5.56 Å². The van der Waals surface area contributed by atoms with Crippen molar-refractivity contribution in [1.29, 1.82) is 0 Å². The molecule has 5 aromatic rings. The fourth-order valence-corrected chi connectivity index (χ4v) is 4.92. The Morgan fingerprint density at radius 2 is 1.59 bits per heavy atom. The minimum Gasteiger partial charge on any atom is -0.490 e. The molecule has 2 heterocycles. The smallest absolute Gasteiger partial charge is 0.295 e. The Kier molecular flexibility index (Phi) is 6.32. The Morgan fingerprint density at radius 1 is 0.846 bits per heavy atom. The van der Waals surface area contributed by atoms with Gasteiger partial charge in [-0.25, -0.2) is 4.39 Å². The molecule has 0 N–H and O–H groups in total. The number of fused-ring (bicyclic) bond motifs is 2. The maximum absolute atomic E-state index is 13.8. The summed E-state index contributed by atoms with van der Waals surface area (Å²) in [5.74, 6) is 0.0732. The molecule has 0 radical (unpaired) electrons. The highest BCUT2D eigenvalue weighted by molar-refractivity contribution is 6.10. The number of carbonyl (C=O) groups is 1. The van der Waals surface area contributed by atoms with E-state index < -0.39 is 17.8 Å². The lowest BCUT2D eigenvalue weighted by atomic mass is 9.97. The molecule has 0 saturated heterocycles. The van der Waals surface area contributed by atoms with E-state index in [-0.39, 0.29) is 16.8 Å². The van der Waals surface area contributed by atoms with Crippen LogP contribution >= 0.6 is 0 Å². The average molecular weight is 522 g/mol. The van der Waals surface area contributed by atoms with Crippen LogP contribution in [0, 0.1) is 5.82 Å². The third kappa shape index (κ3) is 4.42. The lowest BCUT2D eigenvalue weighted by Crippen LogP contribution is -2.29. The molecular formula is C32H24FNO5. The second-order valence-corrected chi connectivity index (χ2v) is 9.14. The van der Waals surface area contributed by atoms with Gasteiger partial charge in [0.05, 0.1) is 23.6 Å². The molecule has 0 fully saturated rings. The Labute approximate surface area is 223 Å². The number of benzene rings is 4. The first kappa shape index (κ1) is 24.4. The van der Waals surface area contributed by atoms with Gasteiger partial charge >= 0.3 is 0 Å². The third-order valence-electron chi connectivity index (χ3n) is 6.70. The van der Waals surface area contributed by atoms with Crippen LogP contribution < -0.4 is 19.8 Å². The lowest BCUT2D eigenvalue weighted by Gasteiger charge is -2.26. The van der Waals surface area contributed by atoms with Gasteiger partial charge in [-0.3, -0.25) is 14.5 Å². The van der Waals surface area contributed by atoms with Gasteiger partial charge in [-0.1, -0.05) is 48.5 Å². The molecule has 4 aromatic carbocycles. The van der Waals surface area contributed by atoms with Gasteiger partial charge in [0.25, 0.3) is 5.91 Å². The van der Waals surface area contributed by atoms with Crippen LogP contribution in [0.2, 0.25) is 0 Å². The summed E-state index contributed by atoms with van der Waals surface area (Å²) in [6.45, 7) is 2.61. The monoisotopic (exact) mass is 521 g/mol. The van der Waals surface area contributed by atoms with Crippen molar-refractivity contribution in [3.8, 4) is 11.5 Å². The van der Waals surface area contributed by atoms with Gasteiger partial charge in [0.1, 0.15) is 18.0 Å². The summed E-state index contributed by atoms with van der Waals surface area (Å²) < 4.78 is 31.8. The van der Waals surface area contributed by atoms with Crippen LogP contribution in [0.3, 0.4) is 0 Å². The molecule has 7 heteroatoms. The summed E-state index contributed by atoms with van der Waals surface area (Å²) in [5, 5.41) is 0.378. The summed E-state index contributed by atoms with van der Waals surface area (Å²) in [5.41, 5.74) is 2.33. The molecule has 1 atom stereocenters. The van der Waals surface area contributed by atoms with Gasteiger partial charge < -0.3 is 13.9 Å². The first-order valence-electron chi connectivity index (χ1n) is 12.6. The molecule has 1 aliphatic rings. The number of nitrogens with zero attached hydrogens (tertiary/aromatic N) is 1. The van der Waals surface area contributed by atoms with Crippen molar-refractivity contribution >= 4 is 22.6 Å². The van der Waals surface area contributed by atoms with E-state index in [1.807, 2.05) is 37.3 Å². The number of hydrogen-bond donors (Lipinski definition) is 0. The van der Waals surface area contributed by atoms with Crippen molar-refractivity contribution < 1.29 is 23.1 Å². The summed E-state index contributed by atoms with van der Waals surface area (Å²) >= 11 is 0. The summed E-state index contributed by atoms with van der Waals surface area (Å²) in [7, 11) is 0. The highest BCUT2D eigenvalue weighted by Gasteiger charge is 2.44. The van der Waals surface area contributed by atoms with E-state index >= 15 is 0 Å². The second-order valence-electron chi connectivity index (χ2n) is 9.14. The minimum atomic E-state index is -0.818. The van der Waals surface area contributed by atoms with Crippen LogP contribution in [-0.2, 0) is 6.61 Å². The van der Waals surface area contributed by atoms with Gasteiger partial charge in [0.15, 0.2) is 16.9 Å². The number of carbonyl (C=O) groups excluding carboxylic acids is 1. The predicted molar refractivity (Wildman–Crippen MR) is 146 cm³/mol. The van der Waals surface area contributed by atoms with Crippen molar-refractivity contribution in [2.45, 2.75) is 19.6 Å². The van der Waals surface area contributed by atoms with E-state index in [1.54, 1.807) is 42.5 Å². The second kappa shape index (κ2) is 10.1. The Morgan fingerprint density at radius 3 is 2.36 bits per heavy atom. The molecule has 39 heavy (non-hydrogen) atoms. The molecular weight excluding hydrogens is 497 g/mol. The molecule has 1 amide bonds. The van der Waals surface area contributed by atoms with Crippen LogP contribution in [0.5, 0.6) is 11.5 Å². The van der Waals surface area contributed by atoms with Crippen LogP contribution in [-0.4, -0.2) is 12.5 Å². The first-order chi connectivity index (χ1) is 19.0. The number of hydrogen-bond acceptors (Lipinski definition) is 5. The zero-order valence-corrected chi connectivity index (χ0v) is 21.1. The highest BCUT2D eigenvalue weighted by Crippen LogP contribution is 2.43. The third-order valence-corrected chi connectivity index (χ3v) is 6.70. The molecule has 1 aliphatic heterocycles. The van der Waals surface area contributed by atoms with Gasteiger partial charge in [-0.15, -0.1) is 0 Å². The van der Waals surface area contributed by atoms with Gasteiger partial charge in [-0.05, 0) is 66.6 Å². The summed E-state index contributed by atoms with van der Waals surface area (Å²) in [4.78, 5) is 29.0. The van der Waals surface area contributed by atoms with Crippen LogP contribution in [0.15, 0.2) is 106 Å². The number of para-hydroxylation sites is 1. The standard InChI is InChI=1S/C32H24FNO5/c1-2-37-27-18-21(12-17-26(27)38-19-20-8-4-3-5-9-20)29-28-30(35)24-10-6-7-11-25(24)39-31(28)32(36)34(29)23-15-13-22(33)14-16-23/h3-18,29H,2,19H2,1H3. The van der Waals surface area contributed by atoms with Crippen LogP contribution in [0.1, 0.15) is 40.2 Å². The van der Waals surface area contributed by atoms with E-state index in [1.165, 1.54) is 29.2 Å². The largest absolute Gasteiger partial charge is 0.490 e. The summed E-state index contributed by atoms with van der Waals surface area (Å²) in [6.07, 6.45) is 0. The van der Waals surface area contributed by atoms with E-state index in [0.29, 0.717) is 46.9 Å². The van der Waals surface area contributed by atoms with Crippen LogP contribution in [0.25, 0.3) is 11.0 Å². The number of ether oxygens (including phenoxy) is 2. The molecule has 1 aromatic heterocycles. The molecule has 1 unspecified atom stereocenters. The fraction of sp³-hybridized carbons (Fsp3) is 0.125. The Balaban J connectivity index is 1.49. The van der Waals surface area contributed by atoms with E-state index in [9.17, 15) is 14.0 Å². The number of amides is 1. The maximum atomic E-state index is 13.8. The number of anilines is 1. The predicted octanol–water partition coefficient (Wildman–Crippen LogP) is 6.66. The quantitative estimate of drug-likeness (QED) is 0.240. The highest BCUT2D eigenvalue weighted by atomic mass is 19.1. The topological polar surface area (TPSA) is 69.0 Å². The molecule has 6 rings (SSSR count). The SMILES string of the molecule is CCOc1cc(C2c3c(oc4ccccc4c3=O)C(=O)N2c2ccc(F)cc2)ccc1OCc1ccccc1. The van der Waals surface area contributed by atoms with E-state index in [2.05, 4.69) is 0 Å². The molecule has 0 bridgehead atoms. The molecule has 0 saturated carbocycles. The average Bonchev–Trinajstić information content (AvgIpc) is 3.26. The zero-order valence-electron chi connectivity index (χ0n) is 21.1. The Hall–Kier alpha value is -4.91. The van der Waals surface area contributed by atoms with Crippen molar-refractivity contribution in [1.82, 2.24) is 0 Å². The Bertz CT molecular complexity index is 1730. The lowest BCUT2D eigenvalue weighted by molar-refractivity contribution is 0.0971. The van der Waals surface area contributed by atoms with Crippen molar-refractivity contribution in [3.63, 3.8) is 0 Å². The van der Waals surface area contributed by atoms with Crippen molar-refractivity contribution in [2.24, 2.45) is 0 Å². The van der Waals surface area contributed by atoms with Crippen molar-refractivity contribution in [3.05, 3.63) is 136 Å². The minimum absolute atomic E-state index is 0.0320. The summed E-state index contributed by atoms with van der Waals surface area (Å²) in [6, 6.07) is 26.7. The normalized spacial score (nSPS) is 14.5. The zero-order chi connectivity index (χ0) is 26.9. The first-order valence-corrected chi connectivity index (χ1v) is 12.6. The molecule has 6 nitrogen and oxygen atoms in total. The van der Waals surface area contributed by atoms with Crippen LogP contribution in [0.4, 0.5) is 10.1 Å². The number of rotatable bonds is 7. The van der Waals surface area contributed by atoms with Gasteiger partial charge in [-0.2, -0.15) is 0 Å². The molecule has 0 aliphatic carbocycles. The fourth-order valence-electron chi connectivity index (χ4n) is 4.92. The van der Waals surface area contributed by atoms with Gasteiger partial charge in [0, 0.05) is 5.69 Å². The molecule has 0 spiro atoms. The maximum Gasteiger partial charge on any atom is 0.295 e. The van der Waals surface area contributed by atoms with Gasteiger partial charge in [0.2, 0.25) is 5.76 Å². The van der Waals surface area contributed by atoms with E-state index in [4.69, 9.17) is 13.9 Å². The number of halogens is 1. The molecule has 194 valence electrons. The van der Waals surface area contributed by atoms with Crippen molar-refractivity contribution in [2.75, 3.05) is 11.5 Å².